The molecule has 0 aliphatic carbocycles. The van der Waals surface area contributed by atoms with Crippen LogP contribution in [0.2, 0.25) is 0 Å². The zero-order valence-corrected chi connectivity index (χ0v) is 8.33. The fourth-order valence-electron chi connectivity index (χ4n) is 2.27. The van der Waals surface area contributed by atoms with Gasteiger partial charge in [-0.3, -0.25) is 9.45 Å². The number of rotatable bonds is 2. The van der Waals surface area contributed by atoms with E-state index < -0.39 is 10.1 Å². The van der Waals surface area contributed by atoms with Crippen LogP contribution in [0.1, 0.15) is 0 Å². The fourth-order valence-corrected chi connectivity index (χ4v) is 3.35. The van der Waals surface area contributed by atoms with E-state index in [1.165, 1.54) is 0 Å². The van der Waals surface area contributed by atoms with Crippen molar-refractivity contribution >= 4 is 10.1 Å². The van der Waals surface area contributed by atoms with Gasteiger partial charge in [-0.25, -0.2) is 0 Å². The van der Waals surface area contributed by atoms with E-state index in [2.05, 4.69) is 4.90 Å². The Balaban J connectivity index is 2.11. The molecule has 3 aliphatic heterocycles. The second kappa shape index (κ2) is 2.91. The summed E-state index contributed by atoms with van der Waals surface area (Å²) in [6.07, 6.45) is 0. The zero-order valence-electron chi connectivity index (χ0n) is 7.52. The maximum absolute atomic E-state index is 10.8. The van der Waals surface area contributed by atoms with Crippen LogP contribution < -0.4 is 0 Å². The van der Waals surface area contributed by atoms with Crippen LogP contribution in [0.3, 0.4) is 0 Å². The molecule has 0 radical (unpaired) electrons. The van der Waals surface area contributed by atoms with Gasteiger partial charge in [-0.2, -0.15) is 8.42 Å². The van der Waals surface area contributed by atoms with Crippen LogP contribution in [-0.4, -0.2) is 67.5 Å². The summed E-state index contributed by atoms with van der Waals surface area (Å²) < 4.78 is 31.0. The molecule has 0 unspecified atom stereocenters. The minimum Gasteiger partial charge on any atom is -0.306 e. The van der Waals surface area contributed by atoms with Gasteiger partial charge in [-0.1, -0.05) is 0 Å². The molecule has 2 bridgehead atoms. The first-order chi connectivity index (χ1) is 5.99. The smallest absolute Gasteiger partial charge is 0.306 e. The van der Waals surface area contributed by atoms with Crippen molar-refractivity contribution < 1.29 is 17.5 Å². The van der Waals surface area contributed by atoms with Crippen LogP contribution in [0, 0.1) is 0 Å². The van der Waals surface area contributed by atoms with Gasteiger partial charge in [0.2, 0.25) is 5.88 Å². The van der Waals surface area contributed by atoms with Crippen LogP contribution in [0.4, 0.5) is 0 Å². The van der Waals surface area contributed by atoms with E-state index in [1.54, 1.807) is 0 Å². The second-order valence-electron chi connectivity index (χ2n) is 4.07. The van der Waals surface area contributed by atoms with Crippen molar-refractivity contribution in [2.75, 3.05) is 45.1 Å². The Morgan fingerprint density at radius 1 is 1.15 bits per heavy atom. The number of hydrogen-bond acceptors (Lipinski definition) is 3. The van der Waals surface area contributed by atoms with Crippen molar-refractivity contribution in [2.24, 2.45) is 0 Å². The first kappa shape index (κ1) is 9.39. The third-order valence-electron chi connectivity index (χ3n) is 3.11. The first-order valence-electron chi connectivity index (χ1n) is 4.52. The van der Waals surface area contributed by atoms with E-state index in [-0.39, 0.29) is 5.88 Å². The Labute approximate surface area is 78.3 Å². The SMILES string of the molecule is O=S(=O)(O)C[N+]12CCN(CC1)CC2. The van der Waals surface area contributed by atoms with Gasteiger partial charge in [0.05, 0.1) is 19.6 Å². The van der Waals surface area contributed by atoms with Gasteiger partial charge in [0.25, 0.3) is 0 Å². The molecule has 5 nitrogen and oxygen atoms in total. The minimum atomic E-state index is -3.82. The largest absolute Gasteiger partial charge is 0.316 e. The van der Waals surface area contributed by atoms with Gasteiger partial charge < -0.3 is 4.48 Å². The summed E-state index contributed by atoms with van der Waals surface area (Å²) in [6.45, 7) is 5.49. The van der Waals surface area contributed by atoms with Crippen molar-refractivity contribution in [1.82, 2.24) is 4.90 Å². The Bertz CT molecular complexity index is 279. The molecule has 3 rings (SSSR count). The van der Waals surface area contributed by atoms with Crippen LogP contribution >= 0.6 is 0 Å². The van der Waals surface area contributed by atoms with Gasteiger partial charge in [0.1, 0.15) is 0 Å². The van der Waals surface area contributed by atoms with E-state index >= 15 is 0 Å². The predicted molar refractivity (Wildman–Crippen MR) is 47.7 cm³/mol. The summed E-state index contributed by atoms with van der Waals surface area (Å²) in [5.41, 5.74) is 0. The molecular weight excluding hydrogens is 192 g/mol. The molecule has 0 aromatic rings. The van der Waals surface area contributed by atoms with Gasteiger partial charge in [0, 0.05) is 19.6 Å². The van der Waals surface area contributed by atoms with Crippen LogP contribution in [-0.2, 0) is 10.1 Å². The fraction of sp³-hybridized carbons (Fsp3) is 1.00. The molecular formula is C7H15N2O3S+. The average Bonchev–Trinajstić information content (AvgIpc) is 2.03. The van der Waals surface area contributed by atoms with Crippen molar-refractivity contribution in [3.63, 3.8) is 0 Å². The molecule has 6 heteroatoms. The molecule has 3 heterocycles. The molecule has 0 spiro atoms. The topological polar surface area (TPSA) is 57.6 Å². The molecule has 0 aromatic carbocycles. The van der Waals surface area contributed by atoms with Gasteiger partial charge in [-0.15, -0.1) is 0 Å². The van der Waals surface area contributed by atoms with Crippen molar-refractivity contribution in [3.05, 3.63) is 0 Å². The van der Waals surface area contributed by atoms with Crippen LogP contribution in [0.5, 0.6) is 0 Å². The second-order valence-corrected chi connectivity index (χ2v) is 5.49. The Morgan fingerprint density at radius 2 is 1.62 bits per heavy atom. The highest BCUT2D eigenvalue weighted by atomic mass is 32.2. The summed E-state index contributed by atoms with van der Waals surface area (Å²) in [4.78, 5) is 2.34. The monoisotopic (exact) mass is 207 g/mol. The average molecular weight is 207 g/mol. The van der Waals surface area contributed by atoms with E-state index in [0.29, 0.717) is 4.48 Å². The van der Waals surface area contributed by atoms with Crippen molar-refractivity contribution in [1.29, 1.82) is 0 Å². The maximum Gasteiger partial charge on any atom is 0.316 e. The third-order valence-corrected chi connectivity index (χ3v) is 3.98. The van der Waals surface area contributed by atoms with Crippen LogP contribution in [0.15, 0.2) is 0 Å². The lowest BCUT2D eigenvalue weighted by Crippen LogP contribution is -2.68. The lowest BCUT2D eigenvalue weighted by molar-refractivity contribution is -0.930. The third kappa shape index (κ3) is 2.01. The highest BCUT2D eigenvalue weighted by Gasteiger charge is 2.41. The summed E-state index contributed by atoms with van der Waals surface area (Å²) in [5, 5.41) is 0. The Kier molecular flexibility index (Phi) is 2.10. The standard InChI is InChI=1S/C7H14N2O3S/c10-13(11,12)7-9-4-1-8(2-5-9)3-6-9/h1-7H2/p+1. The lowest BCUT2D eigenvalue weighted by atomic mass is 10.2. The van der Waals surface area contributed by atoms with Gasteiger partial charge in [-0.05, 0) is 0 Å². The molecule has 13 heavy (non-hydrogen) atoms. The minimum absolute atomic E-state index is 0.0964. The molecule has 3 fully saturated rings. The van der Waals surface area contributed by atoms with E-state index in [4.69, 9.17) is 4.55 Å². The molecule has 3 aliphatic rings. The highest BCUT2D eigenvalue weighted by Crippen LogP contribution is 2.20. The zero-order chi connectivity index (χ0) is 9.53. The summed E-state index contributed by atoms with van der Waals surface area (Å²) in [5.74, 6) is -0.0964. The number of piperazine rings is 3. The molecule has 76 valence electrons. The number of fused-ring (bicyclic) bond motifs is 3. The summed E-state index contributed by atoms with van der Waals surface area (Å²) in [7, 11) is -3.82. The predicted octanol–water partition coefficient (Wildman–Crippen LogP) is -1.02. The van der Waals surface area contributed by atoms with Crippen LogP contribution in [0.25, 0.3) is 0 Å². The summed E-state index contributed by atoms with van der Waals surface area (Å²) >= 11 is 0. The number of nitrogens with zero attached hydrogens (tertiary/aromatic N) is 2. The highest BCUT2D eigenvalue weighted by molar-refractivity contribution is 7.85. The van der Waals surface area contributed by atoms with Gasteiger partial charge >= 0.3 is 10.1 Å². The quantitative estimate of drug-likeness (QED) is 0.465. The van der Waals surface area contributed by atoms with E-state index in [1.807, 2.05) is 0 Å². The molecule has 3 saturated heterocycles. The molecule has 0 saturated carbocycles. The molecule has 0 atom stereocenters. The first-order valence-corrected chi connectivity index (χ1v) is 6.13. The summed E-state index contributed by atoms with van der Waals surface area (Å²) in [6, 6.07) is 0. The Hall–Kier alpha value is -0.170. The molecule has 0 aromatic heterocycles. The molecule has 1 N–H and O–H groups in total. The van der Waals surface area contributed by atoms with Crippen molar-refractivity contribution in [3.8, 4) is 0 Å². The lowest BCUT2D eigenvalue weighted by Gasteiger charge is -2.49. The number of hydrogen-bond donors (Lipinski definition) is 1. The van der Waals surface area contributed by atoms with Crippen molar-refractivity contribution in [2.45, 2.75) is 0 Å². The van der Waals surface area contributed by atoms with E-state index in [0.717, 1.165) is 39.3 Å². The van der Waals surface area contributed by atoms with Gasteiger partial charge in [0.15, 0.2) is 0 Å². The normalized spacial score (nSPS) is 39.3. The molecule has 0 amide bonds. The maximum atomic E-state index is 10.8. The number of quaternary nitrogens is 1. The van der Waals surface area contributed by atoms with E-state index in [9.17, 15) is 8.42 Å². The Morgan fingerprint density at radius 3 is 2.00 bits per heavy atom.